The van der Waals surface area contributed by atoms with E-state index in [2.05, 4.69) is 0 Å². The van der Waals surface area contributed by atoms with E-state index in [0.717, 1.165) is 28.3 Å². The standard InChI is InChI=1S/C51H50F2O7/c1-36(2)58-48(54)23-15-4-3-14-22-44-45(32-33-51(52,53)35-57-43-20-12-7-13-21-43)47(60-50(56)42-30-26-40(27-31-42)38-18-10-6-11-19-38)34-46(44)59-49(55)41-28-24-39(25-29-41)37-16-8-5-9-17-37/h3,5-14,16-21,24-33,36,44-47H,4,15,22-23,34-35H2,1-2H3. The first-order valence-electron chi connectivity index (χ1n) is 20.4. The lowest BCUT2D eigenvalue weighted by molar-refractivity contribution is -0.147. The van der Waals surface area contributed by atoms with E-state index in [0.29, 0.717) is 36.1 Å². The second kappa shape index (κ2) is 21.1. The quantitative estimate of drug-likeness (QED) is 0.0377. The zero-order valence-corrected chi connectivity index (χ0v) is 33.8. The Bertz CT molecular complexity index is 2190. The average Bonchev–Trinajstić information content (AvgIpc) is 3.58. The Morgan fingerprint density at radius 1 is 0.667 bits per heavy atom. The van der Waals surface area contributed by atoms with Crippen molar-refractivity contribution in [1.82, 2.24) is 0 Å². The van der Waals surface area contributed by atoms with Gasteiger partial charge >= 0.3 is 17.9 Å². The number of alkyl halides is 2. The molecule has 0 spiro atoms. The average molecular weight is 813 g/mol. The van der Waals surface area contributed by atoms with Crippen LogP contribution in [0.1, 0.15) is 66.7 Å². The highest BCUT2D eigenvalue weighted by molar-refractivity contribution is 5.91. The third kappa shape index (κ3) is 12.6. The predicted octanol–water partition coefficient (Wildman–Crippen LogP) is 11.7. The first-order chi connectivity index (χ1) is 29.0. The maximum absolute atomic E-state index is 15.5. The van der Waals surface area contributed by atoms with Crippen LogP contribution in [0.5, 0.6) is 5.75 Å². The minimum atomic E-state index is -3.38. The molecular weight excluding hydrogens is 763 g/mol. The fourth-order valence-electron chi connectivity index (χ4n) is 7.25. The van der Waals surface area contributed by atoms with Crippen molar-refractivity contribution in [2.24, 2.45) is 11.8 Å². The number of ether oxygens (including phenoxy) is 4. The van der Waals surface area contributed by atoms with Gasteiger partial charge in [0.2, 0.25) is 0 Å². The van der Waals surface area contributed by atoms with E-state index in [4.69, 9.17) is 18.9 Å². The molecule has 1 fully saturated rings. The van der Waals surface area contributed by atoms with Crippen molar-refractivity contribution < 1.29 is 42.1 Å². The Hall–Kier alpha value is -6.35. The molecule has 7 nitrogen and oxygen atoms in total. The third-order valence-corrected chi connectivity index (χ3v) is 10.3. The summed E-state index contributed by atoms with van der Waals surface area (Å²) in [6, 6.07) is 41.9. The zero-order chi connectivity index (χ0) is 42.3. The molecule has 9 heteroatoms. The fourth-order valence-corrected chi connectivity index (χ4v) is 7.25. The first kappa shape index (κ1) is 43.2. The Balaban J connectivity index is 1.24. The van der Waals surface area contributed by atoms with Crippen molar-refractivity contribution in [2.45, 2.75) is 70.2 Å². The van der Waals surface area contributed by atoms with Crippen LogP contribution in [0.2, 0.25) is 0 Å². The summed E-state index contributed by atoms with van der Waals surface area (Å²) < 4.78 is 53.9. The van der Waals surface area contributed by atoms with Gasteiger partial charge in [-0.15, -0.1) is 0 Å². The van der Waals surface area contributed by atoms with Gasteiger partial charge < -0.3 is 18.9 Å². The molecule has 0 aromatic heterocycles. The van der Waals surface area contributed by atoms with Crippen LogP contribution in [-0.2, 0) is 19.0 Å². The van der Waals surface area contributed by atoms with Gasteiger partial charge in [-0.25, -0.2) is 9.59 Å². The summed E-state index contributed by atoms with van der Waals surface area (Å²) in [7, 11) is 0. The lowest BCUT2D eigenvalue weighted by Gasteiger charge is -2.24. The number of unbranched alkanes of at least 4 members (excludes halogenated alkanes) is 1. The first-order valence-corrected chi connectivity index (χ1v) is 20.4. The van der Waals surface area contributed by atoms with Crippen LogP contribution in [0.25, 0.3) is 22.3 Å². The van der Waals surface area contributed by atoms with Crippen LogP contribution < -0.4 is 4.74 Å². The predicted molar refractivity (Wildman–Crippen MR) is 229 cm³/mol. The summed E-state index contributed by atoms with van der Waals surface area (Å²) in [5.41, 5.74) is 4.46. The normalized spacial score (nSPS) is 17.8. The lowest BCUT2D eigenvalue weighted by Crippen LogP contribution is -2.28. The molecule has 1 aliphatic rings. The van der Waals surface area contributed by atoms with Crippen molar-refractivity contribution >= 4 is 17.9 Å². The summed E-state index contributed by atoms with van der Waals surface area (Å²) in [5.74, 6) is -5.85. The van der Waals surface area contributed by atoms with Crippen LogP contribution in [-0.4, -0.2) is 48.7 Å². The van der Waals surface area contributed by atoms with Gasteiger partial charge in [0.25, 0.3) is 5.92 Å². The minimum absolute atomic E-state index is 0.0856. The molecule has 1 aliphatic carbocycles. The number of esters is 3. The van der Waals surface area contributed by atoms with Gasteiger partial charge in [-0.1, -0.05) is 121 Å². The summed E-state index contributed by atoms with van der Waals surface area (Å²) in [6.07, 6.45) is 5.88. The number of para-hydroxylation sites is 1. The molecule has 4 atom stereocenters. The molecule has 1 saturated carbocycles. The van der Waals surface area contributed by atoms with Crippen LogP contribution in [0.3, 0.4) is 0 Å². The molecule has 0 heterocycles. The second-order valence-electron chi connectivity index (χ2n) is 15.1. The molecule has 0 amide bonds. The van der Waals surface area contributed by atoms with Crippen molar-refractivity contribution in [3.8, 4) is 28.0 Å². The van der Waals surface area contributed by atoms with Gasteiger partial charge in [-0.05, 0) is 97.8 Å². The van der Waals surface area contributed by atoms with E-state index in [1.54, 1.807) is 68.4 Å². The van der Waals surface area contributed by atoms with Gasteiger partial charge in [0.05, 0.1) is 17.2 Å². The number of carbonyl (C=O) groups excluding carboxylic acids is 3. The van der Waals surface area contributed by atoms with Crippen LogP contribution in [0.15, 0.2) is 164 Å². The molecule has 5 aromatic rings. The fraction of sp³-hybridized carbons (Fsp3) is 0.275. The Labute approximate surface area is 350 Å². The minimum Gasteiger partial charge on any atom is -0.487 e. The van der Waals surface area contributed by atoms with Crippen molar-refractivity contribution in [3.63, 3.8) is 0 Å². The van der Waals surface area contributed by atoms with Crippen LogP contribution >= 0.6 is 0 Å². The molecule has 4 unspecified atom stereocenters. The maximum atomic E-state index is 15.5. The molecule has 0 saturated heterocycles. The van der Waals surface area contributed by atoms with E-state index in [-0.39, 0.29) is 24.9 Å². The molecule has 0 bridgehead atoms. The molecule has 6 rings (SSSR count). The monoisotopic (exact) mass is 812 g/mol. The summed E-state index contributed by atoms with van der Waals surface area (Å²) in [5, 5.41) is 0. The molecule has 0 aliphatic heterocycles. The van der Waals surface area contributed by atoms with Crippen LogP contribution in [0.4, 0.5) is 8.78 Å². The SMILES string of the molecule is CC(C)OC(=O)CCCC=CCC1C(OC(=O)c2ccc(-c3ccccc3)cc2)CC(OC(=O)c2ccc(-c3ccccc3)cc2)C1C=CC(F)(F)COc1ccccc1. The van der Waals surface area contributed by atoms with Crippen molar-refractivity contribution in [3.05, 3.63) is 175 Å². The topological polar surface area (TPSA) is 88.1 Å². The van der Waals surface area contributed by atoms with Gasteiger partial charge in [-0.2, -0.15) is 8.78 Å². The molecule has 0 N–H and O–H groups in total. The van der Waals surface area contributed by atoms with E-state index in [1.807, 2.05) is 97.1 Å². The van der Waals surface area contributed by atoms with Crippen molar-refractivity contribution in [2.75, 3.05) is 6.61 Å². The Morgan fingerprint density at radius 3 is 1.70 bits per heavy atom. The Kier molecular flexibility index (Phi) is 15.2. The largest absolute Gasteiger partial charge is 0.487 e. The Morgan fingerprint density at radius 2 is 1.17 bits per heavy atom. The highest BCUT2D eigenvalue weighted by atomic mass is 19.3. The number of benzene rings is 5. The second-order valence-corrected chi connectivity index (χ2v) is 15.1. The van der Waals surface area contributed by atoms with E-state index >= 15 is 8.78 Å². The van der Waals surface area contributed by atoms with Gasteiger partial charge in [0.1, 0.15) is 18.0 Å². The van der Waals surface area contributed by atoms with Gasteiger partial charge in [0.15, 0.2) is 6.61 Å². The van der Waals surface area contributed by atoms with Crippen LogP contribution in [0, 0.1) is 11.8 Å². The number of rotatable bonds is 18. The molecule has 310 valence electrons. The summed E-state index contributed by atoms with van der Waals surface area (Å²) in [4.78, 5) is 39.6. The van der Waals surface area contributed by atoms with E-state index < -0.39 is 48.5 Å². The number of halogens is 2. The van der Waals surface area contributed by atoms with Gasteiger partial charge in [0, 0.05) is 24.7 Å². The highest BCUT2D eigenvalue weighted by Gasteiger charge is 2.46. The summed E-state index contributed by atoms with van der Waals surface area (Å²) >= 11 is 0. The lowest BCUT2D eigenvalue weighted by atomic mass is 9.89. The number of allylic oxidation sites excluding steroid dienone is 2. The van der Waals surface area contributed by atoms with E-state index in [9.17, 15) is 14.4 Å². The number of hydrogen-bond donors (Lipinski definition) is 0. The smallest absolute Gasteiger partial charge is 0.338 e. The van der Waals surface area contributed by atoms with Gasteiger partial charge in [-0.3, -0.25) is 4.79 Å². The third-order valence-electron chi connectivity index (χ3n) is 10.3. The molecular formula is C51H50F2O7. The molecule has 5 aromatic carbocycles. The summed E-state index contributed by atoms with van der Waals surface area (Å²) in [6.45, 7) is 2.69. The number of carbonyl (C=O) groups is 3. The van der Waals surface area contributed by atoms with E-state index in [1.165, 1.54) is 6.08 Å². The molecule has 60 heavy (non-hydrogen) atoms. The highest BCUT2D eigenvalue weighted by Crippen LogP contribution is 2.41. The van der Waals surface area contributed by atoms with Crippen molar-refractivity contribution in [1.29, 1.82) is 0 Å². The number of hydrogen-bond acceptors (Lipinski definition) is 7. The maximum Gasteiger partial charge on any atom is 0.338 e. The molecule has 0 radical (unpaired) electrons. The zero-order valence-electron chi connectivity index (χ0n) is 33.8.